The highest BCUT2D eigenvalue weighted by Gasteiger charge is 2.11. The molecule has 1 aliphatic rings. The topological polar surface area (TPSA) is 27.0 Å². The van der Waals surface area contributed by atoms with E-state index in [1.54, 1.807) is 6.07 Å². The van der Waals surface area contributed by atoms with E-state index >= 15 is 0 Å². The molecular formula is C13H13ClN2. The summed E-state index contributed by atoms with van der Waals surface area (Å²) in [5.41, 5.74) is 3.01. The molecule has 1 aromatic rings. The zero-order chi connectivity index (χ0) is 11.5. The van der Waals surface area contributed by atoms with Gasteiger partial charge < -0.3 is 4.90 Å². The molecule has 0 N–H and O–H groups in total. The van der Waals surface area contributed by atoms with E-state index in [0.29, 0.717) is 10.6 Å². The Balaban J connectivity index is 2.26. The molecule has 0 amide bonds. The van der Waals surface area contributed by atoms with Crippen molar-refractivity contribution < 1.29 is 0 Å². The average molecular weight is 233 g/mol. The second-order valence-electron chi connectivity index (χ2n) is 4.04. The number of benzene rings is 1. The Morgan fingerprint density at radius 3 is 2.88 bits per heavy atom. The Hall–Kier alpha value is -1.46. The highest BCUT2D eigenvalue weighted by atomic mass is 35.5. The van der Waals surface area contributed by atoms with E-state index in [1.165, 1.54) is 5.57 Å². The molecule has 2 nitrogen and oxygen atoms in total. The van der Waals surface area contributed by atoms with Crippen LogP contribution in [-0.4, -0.2) is 13.1 Å². The largest absolute Gasteiger partial charge is 0.367 e. The lowest BCUT2D eigenvalue weighted by molar-refractivity contribution is 0.791. The third-order valence-electron chi connectivity index (χ3n) is 2.77. The Labute approximate surface area is 101 Å². The van der Waals surface area contributed by atoms with Crippen LogP contribution in [0.1, 0.15) is 18.9 Å². The number of nitrogens with zero attached hydrogens (tertiary/aromatic N) is 2. The summed E-state index contributed by atoms with van der Waals surface area (Å²) in [7, 11) is 0. The van der Waals surface area contributed by atoms with Crippen molar-refractivity contribution in [3.63, 3.8) is 0 Å². The first kappa shape index (κ1) is 11.0. The van der Waals surface area contributed by atoms with Crippen LogP contribution in [0.5, 0.6) is 0 Å². The van der Waals surface area contributed by atoms with Crippen LogP contribution in [0, 0.1) is 11.3 Å². The third-order valence-corrected chi connectivity index (χ3v) is 3.08. The molecule has 3 heteroatoms. The van der Waals surface area contributed by atoms with Crippen LogP contribution in [-0.2, 0) is 0 Å². The molecule has 2 rings (SSSR count). The zero-order valence-electron chi connectivity index (χ0n) is 9.20. The molecule has 0 spiro atoms. The SMILES string of the molecule is CC1=CCCN(c2ccc(C#N)c(Cl)c2)C1. The number of halogens is 1. The number of hydrogen-bond acceptors (Lipinski definition) is 2. The van der Waals surface area contributed by atoms with Gasteiger partial charge in [0.15, 0.2) is 0 Å². The molecule has 0 unspecified atom stereocenters. The highest BCUT2D eigenvalue weighted by molar-refractivity contribution is 6.32. The zero-order valence-corrected chi connectivity index (χ0v) is 9.96. The lowest BCUT2D eigenvalue weighted by atomic mass is 10.1. The van der Waals surface area contributed by atoms with Gasteiger partial charge in [-0.1, -0.05) is 23.3 Å². The maximum atomic E-state index is 8.80. The van der Waals surface area contributed by atoms with Gasteiger partial charge in [-0.15, -0.1) is 0 Å². The summed E-state index contributed by atoms with van der Waals surface area (Å²) in [5, 5.41) is 9.34. The van der Waals surface area contributed by atoms with Crippen LogP contribution < -0.4 is 4.90 Å². The van der Waals surface area contributed by atoms with Gasteiger partial charge in [-0.2, -0.15) is 5.26 Å². The van der Waals surface area contributed by atoms with Crippen molar-refractivity contribution in [3.8, 4) is 6.07 Å². The van der Waals surface area contributed by atoms with Crippen LogP contribution in [0.3, 0.4) is 0 Å². The summed E-state index contributed by atoms with van der Waals surface area (Å²) in [5.74, 6) is 0. The molecule has 1 aromatic carbocycles. The summed E-state index contributed by atoms with van der Waals surface area (Å²) < 4.78 is 0. The minimum absolute atomic E-state index is 0.534. The van der Waals surface area contributed by atoms with Gasteiger partial charge in [0.2, 0.25) is 0 Å². The van der Waals surface area contributed by atoms with Gasteiger partial charge >= 0.3 is 0 Å². The molecule has 0 saturated heterocycles. The van der Waals surface area contributed by atoms with E-state index < -0.39 is 0 Å². The number of hydrogen-bond donors (Lipinski definition) is 0. The van der Waals surface area contributed by atoms with Crippen LogP contribution in [0.4, 0.5) is 5.69 Å². The first-order valence-corrected chi connectivity index (χ1v) is 5.69. The summed E-state index contributed by atoms with van der Waals surface area (Å²) in [6.07, 6.45) is 3.34. The van der Waals surface area contributed by atoms with Crippen molar-refractivity contribution in [2.45, 2.75) is 13.3 Å². The number of nitriles is 1. The van der Waals surface area contributed by atoms with Crippen LogP contribution in [0.15, 0.2) is 29.8 Å². The second kappa shape index (κ2) is 4.59. The van der Waals surface area contributed by atoms with E-state index in [1.807, 2.05) is 12.1 Å². The predicted molar refractivity (Wildman–Crippen MR) is 66.8 cm³/mol. The molecule has 1 aliphatic heterocycles. The van der Waals surface area contributed by atoms with Crippen molar-refractivity contribution in [2.24, 2.45) is 0 Å². The van der Waals surface area contributed by atoms with E-state index in [0.717, 1.165) is 25.2 Å². The minimum Gasteiger partial charge on any atom is -0.367 e. The Kier molecular flexibility index (Phi) is 3.17. The van der Waals surface area contributed by atoms with Crippen molar-refractivity contribution in [3.05, 3.63) is 40.4 Å². The summed E-state index contributed by atoms with van der Waals surface area (Å²) in [6.45, 7) is 4.10. The molecule has 16 heavy (non-hydrogen) atoms. The first-order chi connectivity index (χ1) is 7.70. The van der Waals surface area contributed by atoms with Crippen molar-refractivity contribution in [1.29, 1.82) is 5.26 Å². The summed E-state index contributed by atoms with van der Waals surface area (Å²) in [6, 6.07) is 7.69. The van der Waals surface area contributed by atoms with Crippen LogP contribution in [0.2, 0.25) is 5.02 Å². The average Bonchev–Trinajstić information content (AvgIpc) is 2.29. The van der Waals surface area contributed by atoms with Crippen LogP contribution >= 0.6 is 11.6 Å². The minimum atomic E-state index is 0.534. The Morgan fingerprint density at radius 2 is 2.25 bits per heavy atom. The van der Waals surface area contributed by atoms with E-state index in [9.17, 15) is 0 Å². The van der Waals surface area contributed by atoms with Gasteiger partial charge in [0.25, 0.3) is 0 Å². The standard InChI is InChI=1S/C13H13ClN2/c1-10-3-2-6-16(9-10)12-5-4-11(8-15)13(14)7-12/h3-5,7H,2,6,9H2,1H3. The maximum Gasteiger partial charge on any atom is 0.101 e. The molecule has 0 fully saturated rings. The molecular weight excluding hydrogens is 220 g/mol. The first-order valence-electron chi connectivity index (χ1n) is 5.31. The smallest absolute Gasteiger partial charge is 0.101 e. The van der Waals surface area contributed by atoms with Crippen molar-refractivity contribution in [2.75, 3.05) is 18.0 Å². The molecule has 0 atom stereocenters. The molecule has 0 aromatic heterocycles. The molecule has 1 heterocycles. The molecule has 0 saturated carbocycles. The van der Waals surface area contributed by atoms with Gasteiger partial charge in [0, 0.05) is 18.8 Å². The highest BCUT2D eigenvalue weighted by Crippen LogP contribution is 2.25. The van der Waals surface area contributed by atoms with Gasteiger partial charge in [0.05, 0.1) is 10.6 Å². The summed E-state index contributed by atoms with van der Waals surface area (Å²) in [4.78, 5) is 2.28. The van der Waals surface area contributed by atoms with Gasteiger partial charge in [-0.25, -0.2) is 0 Å². The van der Waals surface area contributed by atoms with Gasteiger partial charge in [-0.3, -0.25) is 0 Å². The van der Waals surface area contributed by atoms with Crippen LogP contribution in [0.25, 0.3) is 0 Å². The monoisotopic (exact) mass is 232 g/mol. The molecule has 0 radical (unpaired) electrons. The quantitative estimate of drug-likeness (QED) is 0.695. The molecule has 82 valence electrons. The van der Waals surface area contributed by atoms with Crippen molar-refractivity contribution >= 4 is 17.3 Å². The number of rotatable bonds is 1. The Bertz CT molecular complexity index is 471. The van der Waals surface area contributed by atoms with E-state index in [-0.39, 0.29) is 0 Å². The van der Waals surface area contributed by atoms with Gasteiger partial charge in [0.1, 0.15) is 6.07 Å². The molecule has 0 aliphatic carbocycles. The fraction of sp³-hybridized carbons (Fsp3) is 0.308. The number of anilines is 1. The Morgan fingerprint density at radius 1 is 1.44 bits per heavy atom. The third kappa shape index (κ3) is 2.20. The molecule has 0 bridgehead atoms. The van der Waals surface area contributed by atoms with E-state index in [4.69, 9.17) is 16.9 Å². The normalized spacial score (nSPS) is 15.6. The lowest BCUT2D eigenvalue weighted by Crippen LogP contribution is -2.28. The lowest BCUT2D eigenvalue weighted by Gasteiger charge is -2.28. The van der Waals surface area contributed by atoms with E-state index in [2.05, 4.69) is 24.0 Å². The van der Waals surface area contributed by atoms with Gasteiger partial charge in [-0.05, 0) is 31.5 Å². The summed E-state index contributed by atoms with van der Waals surface area (Å²) >= 11 is 6.02. The fourth-order valence-electron chi connectivity index (χ4n) is 1.92. The predicted octanol–water partition coefficient (Wildman–Crippen LogP) is 3.37. The maximum absolute atomic E-state index is 8.80. The fourth-order valence-corrected chi connectivity index (χ4v) is 2.14. The second-order valence-corrected chi connectivity index (χ2v) is 4.44. The van der Waals surface area contributed by atoms with Crippen molar-refractivity contribution in [1.82, 2.24) is 0 Å².